The normalized spacial score (nSPS) is 11.0. The number of halogens is 1. The average molecular weight is 278 g/mol. The van der Waals surface area contributed by atoms with Gasteiger partial charge in [0.05, 0.1) is 16.0 Å². The molecular formula is C12H8ClN3OS. The van der Waals surface area contributed by atoms with Gasteiger partial charge in [-0.3, -0.25) is 4.79 Å². The first-order chi connectivity index (χ1) is 8.65. The fraction of sp³-hybridized carbons (Fsp3) is 0.0833. The molecule has 3 heterocycles. The van der Waals surface area contributed by atoms with E-state index in [1.54, 1.807) is 29.8 Å². The summed E-state index contributed by atoms with van der Waals surface area (Å²) in [4.78, 5) is 17.2. The van der Waals surface area contributed by atoms with E-state index in [2.05, 4.69) is 10.1 Å². The van der Waals surface area contributed by atoms with Gasteiger partial charge < -0.3 is 0 Å². The zero-order chi connectivity index (χ0) is 12.7. The van der Waals surface area contributed by atoms with Crippen LogP contribution in [0.25, 0.3) is 16.2 Å². The summed E-state index contributed by atoms with van der Waals surface area (Å²) >= 11 is 7.31. The van der Waals surface area contributed by atoms with Crippen LogP contribution in [0.2, 0.25) is 5.15 Å². The number of rotatable bonds is 2. The predicted molar refractivity (Wildman–Crippen MR) is 71.3 cm³/mol. The van der Waals surface area contributed by atoms with Gasteiger partial charge in [0.25, 0.3) is 0 Å². The van der Waals surface area contributed by atoms with Crippen LogP contribution in [0.15, 0.2) is 30.5 Å². The molecule has 0 spiro atoms. The molecule has 0 aliphatic heterocycles. The van der Waals surface area contributed by atoms with Crippen molar-refractivity contribution in [2.75, 3.05) is 0 Å². The molecule has 3 aromatic rings. The van der Waals surface area contributed by atoms with Gasteiger partial charge in [0.2, 0.25) is 0 Å². The second kappa shape index (κ2) is 4.19. The first kappa shape index (κ1) is 11.4. The summed E-state index contributed by atoms with van der Waals surface area (Å²) in [5, 5.41) is 4.61. The first-order valence-electron chi connectivity index (χ1n) is 5.26. The highest BCUT2D eigenvalue weighted by Crippen LogP contribution is 2.28. The minimum absolute atomic E-state index is 0.0612. The Bertz CT molecular complexity index is 747. The van der Waals surface area contributed by atoms with Crippen LogP contribution in [0, 0.1) is 0 Å². The van der Waals surface area contributed by atoms with E-state index in [9.17, 15) is 4.79 Å². The molecule has 0 N–H and O–H groups in total. The summed E-state index contributed by atoms with van der Waals surface area (Å²) in [5.74, 6) is 0.0612. The Morgan fingerprint density at radius 2 is 2.17 bits per heavy atom. The predicted octanol–water partition coefficient (Wildman–Crippen LogP) is 3.31. The van der Waals surface area contributed by atoms with Crippen LogP contribution >= 0.6 is 22.9 Å². The minimum atomic E-state index is 0.0612. The number of thiophene rings is 1. The zero-order valence-electron chi connectivity index (χ0n) is 9.42. The van der Waals surface area contributed by atoms with Gasteiger partial charge in [-0.25, -0.2) is 9.50 Å². The lowest BCUT2D eigenvalue weighted by molar-refractivity contribution is 0.102. The topological polar surface area (TPSA) is 47.3 Å². The SMILES string of the molecule is CC(=O)c1ccc(-c2cnc3ccc(Cl)nn23)s1. The van der Waals surface area contributed by atoms with Crippen LogP contribution in [0.1, 0.15) is 16.6 Å². The number of aromatic nitrogens is 3. The maximum atomic E-state index is 11.3. The van der Waals surface area contributed by atoms with E-state index in [0.29, 0.717) is 5.15 Å². The lowest BCUT2D eigenvalue weighted by atomic mass is 10.3. The quantitative estimate of drug-likeness (QED) is 0.675. The molecule has 90 valence electrons. The van der Waals surface area contributed by atoms with E-state index in [1.807, 2.05) is 12.1 Å². The summed E-state index contributed by atoms with van der Waals surface area (Å²) < 4.78 is 1.68. The van der Waals surface area contributed by atoms with E-state index >= 15 is 0 Å². The van der Waals surface area contributed by atoms with Crippen LogP contribution in [0.4, 0.5) is 0 Å². The fourth-order valence-electron chi connectivity index (χ4n) is 1.68. The molecule has 0 bridgehead atoms. The number of carbonyl (C=O) groups excluding carboxylic acids is 1. The van der Waals surface area contributed by atoms with Gasteiger partial charge >= 0.3 is 0 Å². The highest BCUT2D eigenvalue weighted by Gasteiger charge is 2.11. The van der Waals surface area contributed by atoms with Gasteiger partial charge in [0, 0.05) is 0 Å². The van der Waals surface area contributed by atoms with Gasteiger partial charge in [-0.05, 0) is 31.2 Å². The van der Waals surface area contributed by atoms with Crippen molar-refractivity contribution in [3.05, 3.63) is 40.5 Å². The molecule has 3 aromatic heterocycles. The minimum Gasteiger partial charge on any atom is -0.294 e. The molecule has 0 unspecified atom stereocenters. The monoisotopic (exact) mass is 277 g/mol. The zero-order valence-corrected chi connectivity index (χ0v) is 11.0. The molecule has 0 amide bonds. The Balaban J connectivity index is 2.18. The van der Waals surface area contributed by atoms with E-state index in [0.717, 1.165) is 21.1 Å². The number of hydrogen-bond donors (Lipinski definition) is 0. The molecule has 0 radical (unpaired) electrons. The van der Waals surface area contributed by atoms with Crippen LogP contribution in [0.5, 0.6) is 0 Å². The van der Waals surface area contributed by atoms with Crippen LogP contribution in [-0.4, -0.2) is 20.4 Å². The van der Waals surface area contributed by atoms with Crippen molar-refractivity contribution < 1.29 is 4.79 Å². The smallest absolute Gasteiger partial charge is 0.169 e. The number of hydrogen-bond acceptors (Lipinski definition) is 4. The van der Waals surface area contributed by atoms with Crippen molar-refractivity contribution in [1.82, 2.24) is 14.6 Å². The molecule has 0 atom stereocenters. The van der Waals surface area contributed by atoms with Crippen molar-refractivity contribution >= 4 is 34.4 Å². The lowest BCUT2D eigenvalue weighted by Crippen LogP contribution is -1.92. The Morgan fingerprint density at radius 3 is 2.89 bits per heavy atom. The first-order valence-corrected chi connectivity index (χ1v) is 6.46. The molecule has 6 heteroatoms. The molecule has 18 heavy (non-hydrogen) atoms. The molecule has 0 saturated carbocycles. The van der Waals surface area contributed by atoms with Crippen LogP contribution < -0.4 is 0 Å². The molecule has 3 rings (SSSR count). The van der Waals surface area contributed by atoms with E-state index in [4.69, 9.17) is 11.6 Å². The fourth-order valence-corrected chi connectivity index (χ4v) is 2.72. The standard InChI is InChI=1S/C12H8ClN3OS/c1-7(17)9-2-3-10(18-9)8-6-14-12-5-4-11(13)15-16(8)12/h2-6H,1H3. The average Bonchev–Trinajstić information content (AvgIpc) is 2.93. The summed E-state index contributed by atoms with van der Waals surface area (Å²) in [7, 11) is 0. The Labute approximate surface area is 112 Å². The molecule has 0 aliphatic rings. The van der Waals surface area contributed by atoms with E-state index in [-0.39, 0.29) is 5.78 Å². The maximum absolute atomic E-state index is 11.3. The van der Waals surface area contributed by atoms with Gasteiger partial charge in [-0.15, -0.1) is 11.3 Å². The highest BCUT2D eigenvalue weighted by atomic mass is 35.5. The molecule has 4 nitrogen and oxygen atoms in total. The number of nitrogens with zero attached hydrogens (tertiary/aromatic N) is 3. The highest BCUT2D eigenvalue weighted by molar-refractivity contribution is 7.17. The summed E-state index contributed by atoms with van der Waals surface area (Å²) in [6.45, 7) is 1.55. The van der Waals surface area contributed by atoms with E-state index in [1.165, 1.54) is 11.3 Å². The largest absolute Gasteiger partial charge is 0.294 e. The number of Topliss-reactive ketones (excluding diaryl/α,β-unsaturated/α-hetero) is 1. The Hall–Kier alpha value is -1.72. The van der Waals surface area contributed by atoms with Gasteiger partial charge in [0.15, 0.2) is 11.4 Å². The second-order valence-corrected chi connectivity index (χ2v) is 5.26. The second-order valence-electron chi connectivity index (χ2n) is 3.79. The van der Waals surface area contributed by atoms with Gasteiger partial charge in [0.1, 0.15) is 10.8 Å². The molecular weight excluding hydrogens is 270 g/mol. The molecule has 0 saturated heterocycles. The lowest BCUT2D eigenvalue weighted by Gasteiger charge is -1.97. The van der Waals surface area contributed by atoms with Crippen molar-refractivity contribution in [3.8, 4) is 10.6 Å². The molecule has 0 aromatic carbocycles. The summed E-state index contributed by atoms with van der Waals surface area (Å²) in [5.41, 5.74) is 1.57. The number of carbonyl (C=O) groups is 1. The number of imidazole rings is 1. The van der Waals surface area contributed by atoms with Crippen LogP contribution in [-0.2, 0) is 0 Å². The van der Waals surface area contributed by atoms with E-state index < -0.39 is 0 Å². The maximum Gasteiger partial charge on any atom is 0.169 e. The number of ketones is 1. The molecule has 0 fully saturated rings. The van der Waals surface area contributed by atoms with Gasteiger partial charge in [-0.2, -0.15) is 5.10 Å². The summed E-state index contributed by atoms with van der Waals surface area (Å²) in [6.07, 6.45) is 1.73. The van der Waals surface area contributed by atoms with Crippen molar-refractivity contribution in [2.24, 2.45) is 0 Å². The van der Waals surface area contributed by atoms with Crippen molar-refractivity contribution in [2.45, 2.75) is 6.92 Å². The summed E-state index contributed by atoms with van der Waals surface area (Å²) in [6, 6.07) is 7.21. The van der Waals surface area contributed by atoms with Gasteiger partial charge in [-0.1, -0.05) is 11.6 Å². The molecule has 0 aliphatic carbocycles. The third-order valence-electron chi connectivity index (χ3n) is 2.54. The third-order valence-corrected chi connectivity index (χ3v) is 3.95. The van der Waals surface area contributed by atoms with Crippen molar-refractivity contribution in [3.63, 3.8) is 0 Å². The van der Waals surface area contributed by atoms with Crippen LogP contribution in [0.3, 0.4) is 0 Å². The number of fused-ring (bicyclic) bond motifs is 1. The third kappa shape index (κ3) is 1.81. The van der Waals surface area contributed by atoms with Crippen molar-refractivity contribution in [1.29, 1.82) is 0 Å². The Kier molecular flexibility index (Phi) is 2.65. The Morgan fingerprint density at radius 1 is 1.33 bits per heavy atom.